The maximum Gasteiger partial charge on any atom is 0.0991 e. The highest BCUT2D eigenvalue weighted by molar-refractivity contribution is 7.99. The van der Waals surface area contributed by atoms with Gasteiger partial charge in [0, 0.05) is 15.5 Å². The summed E-state index contributed by atoms with van der Waals surface area (Å²) in [6.07, 6.45) is 0. The quantitative estimate of drug-likeness (QED) is 0.799. The molecule has 0 saturated carbocycles. The highest BCUT2D eigenvalue weighted by Crippen LogP contribution is 2.31. The molecule has 0 spiro atoms. The standard InChI is InChI=1S/C13H10N2S/c14-9-10-5-7-11(8-6-10)16-13-4-2-1-3-12(13)15/h1-8H,15H2. The van der Waals surface area contributed by atoms with Gasteiger partial charge >= 0.3 is 0 Å². The Morgan fingerprint density at radius 3 is 2.31 bits per heavy atom. The predicted molar refractivity (Wildman–Crippen MR) is 66.1 cm³/mol. The van der Waals surface area contributed by atoms with Gasteiger partial charge in [-0.2, -0.15) is 5.26 Å². The van der Waals surface area contributed by atoms with Gasteiger partial charge in [-0.3, -0.25) is 0 Å². The first kappa shape index (κ1) is 10.6. The van der Waals surface area contributed by atoms with Crippen LogP contribution < -0.4 is 5.73 Å². The Balaban J connectivity index is 2.22. The highest BCUT2D eigenvalue weighted by atomic mass is 32.2. The van der Waals surface area contributed by atoms with Crippen molar-refractivity contribution in [1.29, 1.82) is 5.26 Å². The van der Waals surface area contributed by atoms with Gasteiger partial charge < -0.3 is 5.73 Å². The van der Waals surface area contributed by atoms with Gasteiger partial charge in [0.2, 0.25) is 0 Å². The van der Waals surface area contributed by atoms with E-state index < -0.39 is 0 Å². The van der Waals surface area contributed by atoms with E-state index in [0.717, 1.165) is 15.5 Å². The van der Waals surface area contributed by atoms with Gasteiger partial charge in [0.1, 0.15) is 0 Å². The number of hydrogen-bond acceptors (Lipinski definition) is 3. The van der Waals surface area contributed by atoms with E-state index >= 15 is 0 Å². The summed E-state index contributed by atoms with van der Waals surface area (Å²) in [5.41, 5.74) is 7.30. The van der Waals surface area contributed by atoms with E-state index in [1.807, 2.05) is 48.5 Å². The Kier molecular flexibility index (Phi) is 3.13. The van der Waals surface area contributed by atoms with Crippen LogP contribution in [0.4, 0.5) is 5.69 Å². The molecule has 0 aliphatic rings. The summed E-state index contributed by atoms with van der Waals surface area (Å²) >= 11 is 1.60. The fourth-order valence-electron chi connectivity index (χ4n) is 1.30. The monoisotopic (exact) mass is 226 g/mol. The molecule has 2 nitrogen and oxygen atoms in total. The van der Waals surface area contributed by atoms with E-state index in [1.54, 1.807) is 11.8 Å². The third kappa shape index (κ3) is 2.36. The van der Waals surface area contributed by atoms with Crippen molar-refractivity contribution in [3.63, 3.8) is 0 Å². The molecule has 2 aromatic carbocycles. The number of hydrogen-bond donors (Lipinski definition) is 1. The molecule has 0 saturated heterocycles. The van der Waals surface area contributed by atoms with Crippen LogP contribution >= 0.6 is 11.8 Å². The first-order valence-corrected chi connectivity index (χ1v) is 5.64. The molecule has 0 aliphatic heterocycles. The van der Waals surface area contributed by atoms with Gasteiger partial charge in [0.05, 0.1) is 11.6 Å². The third-order valence-corrected chi connectivity index (χ3v) is 3.23. The SMILES string of the molecule is N#Cc1ccc(Sc2ccccc2N)cc1. The lowest BCUT2D eigenvalue weighted by Crippen LogP contribution is -1.86. The summed E-state index contributed by atoms with van der Waals surface area (Å²) in [5, 5.41) is 8.69. The minimum Gasteiger partial charge on any atom is -0.398 e. The molecule has 78 valence electrons. The largest absolute Gasteiger partial charge is 0.398 e. The summed E-state index contributed by atoms with van der Waals surface area (Å²) in [7, 11) is 0. The van der Waals surface area contributed by atoms with Crippen LogP contribution in [-0.4, -0.2) is 0 Å². The van der Waals surface area contributed by atoms with Crippen LogP contribution in [0.3, 0.4) is 0 Å². The van der Waals surface area contributed by atoms with Crippen LogP contribution in [0.5, 0.6) is 0 Å². The average Bonchev–Trinajstić information content (AvgIpc) is 2.33. The molecule has 0 fully saturated rings. The van der Waals surface area contributed by atoms with Crippen molar-refractivity contribution >= 4 is 17.4 Å². The summed E-state index contributed by atoms with van der Waals surface area (Å²) in [4.78, 5) is 2.11. The number of rotatable bonds is 2. The van der Waals surface area contributed by atoms with Crippen LogP contribution in [0, 0.1) is 11.3 Å². The van der Waals surface area contributed by atoms with Crippen molar-refractivity contribution in [3.8, 4) is 6.07 Å². The Morgan fingerprint density at radius 2 is 1.69 bits per heavy atom. The van der Waals surface area contributed by atoms with Crippen LogP contribution in [-0.2, 0) is 0 Å². The topological polar surface area (TPSA) is 49.8 Å². The van der Waals surface area contributed by atoms with Gasteiger partial charge in [-0.05, 0) is 36.4 Å². The minimum absolute atomic E-state index is 0.672. The van der Waals surface area contributed by atoms with Crippen molar-refractivity contribution in [2.24, 2.45) is 0 Å². The van der Waals surface area contributed by atoms with Crippen molar-refractivity contribution in [2.75, 3.05) is 5.73 Å². The van der Waals surface area contributed by atoms with Gasteiger partial charge in [-0.1, -0.05) is 23.9 Å². The van der Waals surface area contributed by atoms with E-state index in [1.165, 1.54) is 0 Å². The number of benzene rings is 2. The van der Waals surface area contributed by atoms with Crippen LogP contribution in [0.15, 0.2) is 58.3 Å². The van der Waals surface area contributed by atoms with Gasteiger partial charge in [0.15, 0.2) is 0 Å². The molecule has 2 rings (SSSR count). The zero-order chi connectivity index (χ0) is 11.4. The zero-order valence-electron chi connectivity index (χ0n) is 8.55. The maximum atomic E-state index is 8.69. The third-order valence-electron chi connectivity index (χ3n) is 2.13. The van der Waals surface area contributed by atoms with Gasteiger partial charge in [0.25, 0.3) is 0 Å². The number of nitrogens with two attached hydrogens (primary N) is 1. The molecular formula is C13H10N2S. The highest BCUT2D eigenvalue weighted by Gasteiger charge is 2.00. The molecule has 16 heavy (non-hydrogen) atoms. The molecule has 0 radical (unpaired) electrons. The number of nitrogens with zero attached hydrogens (tertiary/aromatic N) is 1. The zero-order valence-corrected chi connectivity index (χ0v) is 9.37. The summed E-state index contributed by atoms with van der Waals surface area (Å²) in [6.45, 7) is 0. The Morgan fingerprint density at radius 1 is 1.00 bits per heavy atom. The fraction of sp³-hybridized carbons (Fsp3) is 0. The van der Waals surface area contributed by atoms with Crippen LogP contribution in [0.25, 0.3) is 0 Å². The van der Waals surface area contributed by atoms with E-state index in [4.69, 9.17) is 11.0 Å². The lowest BCUT2D eigenvalue weighted by molar-refractivity contribution is 1.39. The first-order chi connectivity index (χ1) is 7.79. The molecule has 0 amide bonds. The molecule has 0 heterocycles. The summed E-state index contributed by atoms with van der Waals surface area (Å²) in [6, 6.07) is 17.3. The van der Waals surface area contributed by atoms with Crippen LogP contribution in [0.2, 0.25) is 0 Å². The first-order valence-electron chi connectivity index (χ1n) is 4.82. The molecule has 0 aromatic heterocycles. The molecule has 0 bridgehead atoms. The van der Waals surface area contributed by atoms with E-state index in [2.05, 4.69) is 6.07 Å². The summed E-state index contributed by atoms with van der Waals surface area (Å²) in [5.74, 6) is 0. The maximum absolute atomic E-state index is 8.69. The molecule has 2 N–H and O–H groups in total. The Bertz CT molecular complexity index is 526. The van der Waals surface area contributed by atoms with Crippen molar-refractivity contribution in [3.05, 3.63) is 54.1 Å². The second-order valence-electron chi connectivity index (χ2n) is 3.28. The molecule has 0 aliphatic carbocycles. The predicted octanol–water partition coefficient (Wildman–Crippen LogP) is 3.29. The van der Waals surface area contributed by atoms with Gasteiger partial charge in [-0.25, -0.2) is 0 Å². The van der Waals surface area contributed by atoms with E-state index in [-0.39, 0.29) is 0 Å². The lowest BCUT2D eigenvalue weighted by atomic mass is 10.2. The smallest absolute Gasteiger partial charge is 0.0991 e. The van der Waals surface area contributed by atoms with E-state index in [9.17, 15) is 0 Å². The molecule has 2 aromatic rings. The molecular weight excluding hydrogens is 216 g/mol. The normalized spacial score (nSPS) is 9.69. The number of nitrogen functional groups attached to an aromatic ring is 1. The lowest BCUT2D eigenvalue weighted by Gasteiger charge is -2.04. The van der Waals surface area contributed by atoms with Crippen molar-refractivity contribution in [2.45, 2.75) is 9.79 Å². The van der Waals surface area contributed by atoms with Crippen LogP contribution in [0.1, 0.15) is 5.56 Å². The number of anilines is 1. The summed E-state index contributed by atoms with van der Waals surface area (Å²) < 4.78 is 0. The van der Waals surface area contributed by atoms with Gasteiger partial charge in [-0.15, -0.1) is 0 Å². The Hall–Kier alpha value is -1.92. The average molecular weight is 226 g/mol. The second-order valence-corrected chi connectivity index (χ2v) is 4.39. The molecule has 0 unspecified atom stereocenters. The number of para-hydroxylation sites is 1. The minimum atomic E-state index is 0.672. The van der Waals surface area contributed by atoms with Crippen molar-refractivity contribution in [1.82, 2.24) is 0 Å². The fourth-order valence-corrected chi connectivity index (χ4v) is 2.16. The molecule has 3 heteroatoms. The van der Waals surface area contributed by atoms with E-state index in [0.29, 0.717) is 5.56 Å². The number of nitriles is 1. The second kappa shape index (κ2) is 4.73. The van der Waals surface area contributed by atoms with Crippen molar-refractivity contribution < 1.29 is 0 Å². The molecule has 0 atom stereocenters. The Labute approximate surface area is 98.7 Å².